The molecular weight excluding hydrogens is 534 g/mol. The van der Waals surface area contributed by atoms with Gasteiger partial charge in [0.25, 0.3) is 0 Å². The molecule has 0 radical (unpaired) electrons. The number of H-pyrrole nitrogens is 1. The highest BCUT2D eigenvalue weighted by atomic mass is 15.2. The summed E-state index contributed by atoms with van der Waals surface area (Å²) in [5.41, 5.74) is 11.8. The van der Waals surface area contributed by atoms with Crippen molar-refractivity contribution in [1.29, 1.82) is 0 Å². The third kappa shape index (κ3) is 4.20. The third-order valence-electron chi connectivity index (χ3n) is 9.32. The van der Waals surface area contributed by atoms with Crippen molar-refractivity contribution in [2.24, 2.45) is 0 Å². The molecule has 44 heavy (non-hydrogen) atoms. The first-order chi connectivity index (χ1) is 21.7. The van der Waals surface area contributed by atoms with Crippen LogP contribution in [0.2, 0.25) is 0 Å². The number of aromatic amines is 1. The van der Waals surface area contributed by atoms with E-state index in [1.54, 1.807) is 0 Å². The Morgan fingerprint density at radius 1 is 0.591 bits per heavy atom. The van der Waals surface area contributed by atoms with Gasteiger partial charge in [-0.05, 0) is 58.0 Å². The molecule has 0 saturated carbocycles. The number of nitrogens with one attached hydrogen (secondary N) is 1. The molecule has 7 aromatic rings. The van der Waals surface area contributed by atoms with Crippen molar-refractivity contribution in [2.75, 3.05) is 0 Å². The van der Waals surface area contributed by atoms with Crippen molar-refractivity contribution in [2.45, 2.75) is 25.0 Å². The first-order valence-electron chi connectivity index (χ1n) is 15.3. The Hall–Kier alpha value is -5.25. The summed E-state index contributed by atoms with van der Waals surface area (Å²) in [6, 6.07) is 57.1. The second-order valence-corrected chi connectivity index (χ2v) is 11.7. The largest absolute Gasteiger partial charge is 0.338 e. The van der Waals surface area contributed by atoms with Gasteiger partial charge in [0.2, 0.25) is 0 Å². The van der Waals surface area contributed by atoms with Crippen LogP contribution < -0.4 is 0 Å². The maximum absolute atomic E-state index is 4.81. The summed E-state index contributed by atoms with van der Waals surface area (Å²) in [5, 5.41) is 0. The molecule has 1 N–H and O–H groups in total. The second kappa shape index (κ2) is 10.8. The van der Waals surface area contributed by atoms with Crippen molar-refractivity contribution in [3.8, 4) is 22.5 Å². The average Bonchev–Trinajstić information content (AvgIpc) is 3.68. The summed E-state index contributed by atoms with van der Waals surface area (Å²) in [6.07, 6.45) is 0. The van der Waals surface area contributed by atoms with Crippen LogP contribution in [0.25, 0.3) is 33.5 Å². The summed E-state index contributed by atoms with van der Waals surface area (Å²) in [5.74, 6) is 0.897. The van der Waals surface area contributed by atoms with Crippen molar-refractivity contribution >= 4 is 11.0 Å². The van der Waals surface area contributed by atoms with Gasteiger partial charge >= 0.3 is 0 Å². The van der Waals surface area contributed by atoms with Gasteiger partial charge in [0, 0.05) is 18.2 Å². The van der Waals surface area contributed by atoms with E-state index in [2.05, 4.69) is 156 Å². The van der Waals surface area contributed by atoms with Gasteiger partial charge < -0.3 is 4.98 Å². The molecule has 1 aliphatic rings. The smallest absolute Gasteiger partial charge is 0.138 e. The SMILES string of the molecule is CC1c2cccc(-c3ccc(-c4nc5ccccc5[nH]4)cc3)c2CN1C(c1ccccc1)(c1ccccc1)c1ccccc1. The van der Waals surface area contributed by atoms with E-state index in [1.165, 1.54) is 38.9 Å². The van der Waals surface area contributed by atoms with Gasteiger partial charge in [0.15, 0.2) is 0 Å². The van der Waals surface area contributed by atoms with E-state index in [1.807, 2.05) is 18.2 Å². The summed E-state index contributed by atoms with van der Waals surface area (Å²) >= 11 is 0. The van der Waals surface area contributed by atoms with E-state index >= 15 is 0 Å². The summed E-state index contributed by atoms with van der Waals surface area (Å²) in [7, 11) is 0. The zero-order valence-electron chi connectivity index (χ0n) is 24.7. The third-order valence-corrected chi connectivity index (χ3v) is 9.32. The zero-order valence-corrected chi connectivity index (χ0v) is 24.7. The van der Waals surface area contributed by atoms with E-state index in [-0.39, 0.29) is 6.04 Å². The van der Waals surface area contributed by atoms with Crippen LogP contribution in [-0.2, 0) is 12.1 Å². The van der Waals surface area contributed by atoms with E-state index in [4.69, 9.17) is 4.98 Å². The fourth-order valence-electron chi connectivity index (χ4n) is 7.26. The average molecular weight is 568 g/mol. The van der Waals surface area contributed by atoms with Gasteiger partial charge in [-0.15, -0.1) is 0 Å². The van der Waals surface area contributed by atoms with Crippen LogP contribution in [0.1, 0.15) is 40.8 Å². The molecule has 3 heteroatoms. The molecule has 8 rings (SSSR count). The Morgan fingerprint density at radius 2 is 1.14 bits per heavy atom. The quantitative estimate of drug-likeness (QED) is 0.203. The van der Waals surface area contributed by atoms with Gasteiger partial charge in [0.1, 0.15) is 5.82 Å². The maximum atomic E-state index is 4.81. The zero-order chi connectivity index (χ0) is 29.5. The van der Waals surface area contributed by atoms with Crippen molar-refractivity contribution in [3.05, 3.63) is 186 Å². The normalized spacial score (nSPS) is 15.0. The van der Waals surface area contributed by atoms with E-state index < -0.39 is 5.54 Å². The molecule has 2 heterocycles. The number of fused-ring (bicyclic) bond motifs is 2. The highest BCUT2D eigenvalue weighted by molar-refractivity contribution is 5.80. The predicted octanol–water partition coefficient (Wildman–Crippen LogP) is 9.77. The van der Waals surface area contributed by atoms with Gasteiger partial charge in [-0.2, -0.15) is 0 Å². The topological polar surface area (TPSA) is 31.9 Å². The van der Waals surface area contributed by atoms with Gasteiger partial charge in [-0.1, -0.05) is 146 Å². The Morgan fingerprint density at radius 3 is 1.73 bits per heavy atom. The van der Waals surface area contributed by atoms with Gasteiger partial charge in [-0.3, -0.25) is 4.90 Å². The molecule has 0 amide bonds. The molecule has 6 aromatic carbocycles. The summed E-state index contributed by atoms with van der Waals surface area (Å²) in [4.78, 5) is 11.0. The van der Waals surface area contributed by atoms with E-state index in [9.17, 15) is 0 Å². The Balaban J connectivity index is 1.24. The minimum absolute atomic E-state index is 0.195. The minimum atomic E-state index is -0.468. The minimum Gasteiger partial charge on any atom is -0.338 e. The van der Waals surface area contributed by atoms with Crippen LogP contribution in [-0.4, -0.2) is 14.9 Å². The van der Waals surface area contributed by atoms with Crippen LogP contribution in [0.3, 0.4) is 0 Å². The molecule has 0 fully saturated rings. The number of nitrogens with zero attached hydrogens (tertiary/aromatic N) is 2. The molecule has 0 spiro atoms. The number of benzene rings is 6. The highest BCUT2D eigenvalue weighted by Gasteiger charge is 2.47. The van der Waals surface area contributed by atoms with Crippen molar-refractivity contribution < 1.29 is 0 Å². The number of imidazole rings is 1. The number of rotatable bonds is 6. The van der Waals surface area contributed by atoms with Crippen LogP contribution in [0, 0.1) is 0 Å². The number of para-hydroxylation sites is 2. The fourth-order valence-corrected chi connectivity index (χ4v) is 7.26. The first kappa shape index (κ1) is 26.4. The second-order valence-electron chi connectivity index (χ2n) is 11.7. The van der Waals surface area contributed by atoms with Crippen LogP contribution in [0.15, 0.2) is 158 Å². The van der Waals surface area contributed by atoms with Crippen LogP contribution in [0.4, 0.5) is 0 Å². The summed E-state index contributed by atoms with van der Waals surface area (Å²) < 4.78 is 0. The van der Waals surface area contributed by atoms with Crippen molar-refractivity contribution in [3.63, 3.8) is 0 Å². The molecule has 1 atom stereocenters. The molecule has 1 unspecified atom stereocenters. The van der Waals surface area contributed by atoms with Crippen LogP contribution >= 0.6 is 0 Å². The fraction of sp³-hybridized carbons (Fsp3) is 0.0976. The lowest BCUT2D eigenvalue weighted by molar-refractivity contribution is 0.118. The van der Waals surface area contributed by atoms with E-state index in [0.717, 1.165) is 29.0 Å². The lowest BCUT2D eigenvalue weighted by Crippen LogP contribution is -2.46. The Bertz CT molecular complexity index is 1920. The molecule has 0 saturated heterocycles. The molecule has 212 valence electrons. The van der Waals surface area contributed by atoms with Crippen molar-refractivity contribution in [1.82, 2.24) is 14.9 Å². The number of hydrogen-bond acceptors (Lipinski definition) is 2. The van der Waals surface area contributed by atoms with Crippen LogP contribution in [0.5, 0.6) is 0 Å². The molecule has 1 aromatic heterocycles. The maximum Gasteiger partial charge on any atom is 0.138 e. The monoisotopic (exact) mass is 567 g/mol. The Kier molecular flexibility index (Phi) is 6.47. The van der Waals surface area contributed by atoms with Gasteiger partial charge in [-0.25, -0.2) is 4.98 Å². The standard InChI is InChI=1S/C41H33N3/c1-29-35-20-13-21-36(30-24-26-31(27-25-30)40-42-38-22-11-12-23-39(38)43-40)37(35)28-44(29)41(32-14-5-2-6-15-32,33-16-7-3-8-17-33)34-18-9-4-10-19-34/h2-27,29H,28H2,1H3,(H,42,43). The molecule has 0 aliphatic carbocycles. The Labute approximate surface area is 258 Å². The molecule has 0 bridgehead atoms. The molecular formula is C41H33N3. The van der Waals surface area contributed by atoms with Gasteiger partial charge in [0.05, 0.1) is 16.6 Å². The molecule has 3 nitrogen and oxygen atoms in total. The first-order valence-corrected chi connectivity index (χ1v) is 15.3. The highest BCUT2D eigenvalue weighted by Crippen LogP contribution is 2.51. The molecule has 1 aliphatic heterocycles. The number of hydrogen-bond donors (Lipinski definition) is 1. The lowest BCUT2D eigenvalue weighted by Gasteiger charge is -2.46. The van der Waals surface area contributed by atoms with E-state index in [0.29, 0.717) is 0 Å². The summed E-state index contributed by atoms with van der Waals surface area (Å²) in [6.45, 7) is 3.19. The lowest BCUT2D eigenvalue weighted by atomic mass is 9.75. The number of aromatic nitrogens is 2. The predicted molar refractivity (Wildman–Crippen MR) is 180 cm³/mol.